The fourth-order valence-electron chi connectivity index (χ4n) is 3.52. The Bertz CT molecular complexity index is 732. The third kappa shape index (κ3) is 4.27. The van der Waals surface area contributed by atoms with Crippen LogP contribution in [-0.2, 0) is 6.54 Å². The van der Waals surface area contributed by atoms with E-state index in [0.29, 0.717) is 5.92 Å². The molecule has 0 spiro atoms. The number of benzene rings is 1. The van der Waals surface area contributed by atoms with Crippen molar-refractivity contribution in [3.63, 3.8) is 0 Å². The largest absolute Gasteiger partial charge is 0.339 e. The first-order chi connectivity index (χ1) is 12.1. The van der Waals surface area contributed by atoms with E-state index in [1.807, 2.05) is 30.0 Å². The quantitative estimate of drug-likeness (QED) is 0.754. The van der Waals surface area contributed by atoms with Crippen molar-refractivity contribution in [2.45, 2.75) is 45.1 Å². The number of hydrogen-bond acceptors (Lipinski definition) is 3. The van der Waals surface area contributed by atoms with E-state index >= 15 is 0 Å². The highest BCUT2D eigenvalue weighted by Crippen LogP contribution is 2.26. The fraction of sp³-hybridized carbons (Fsp3) is 0.500. The Kier molecular flexibility index (Phi) is 5.84. The Morgan fingerprint density at radius 1 is 1.24 bits per heavy atom. The van der Waals surface area contributed by atoms with Crippen molar-refractivity contribution in [3.05, 3.63) is 47.3 Å². The van der Waals surface area contributed by atoms with Crippen LogP contribution in [0.25, 0.3) is 0 Å². The van der Waals surface area contributed by atoms with E-state index in [2.05, 4.69) is 35.8 Å². The summed E-state index contributed by atoms with van der Waals surface area (Å²) in [6.07, 6.45) is 2.10. The summed E-state index contributed by atoms with van der Waals surface area (Å²) in [5.41, 5.74) is 3.16. The Morgan fingerprint density at radius 3 is 2.60 bits per heavy atom. The van der Waals surface area contributed by atoms with Gasteiger partial charge in [-0.15, -0.1) is 11.8 Å². The average molecular weight is 358 g/mol. The van der Waals surface area contributed by atoms with Gasteiger partial charge in [-0.25, -0.2) is 0 Å². The first kappa shape index (κ1) is 18.1. The summed E-state index contributed by atoms with van der Waals surface area (Å²) in [5.74, 6) is 1.76. The number of thioether (sulfide) groups is 1. The summed E-state index contributed by atoms with van der Waals surface area (Å²) in [7, 11) is 0. The Hall–Kier alpha value is -1.75. The minimum absolute atomic E-state index is 0.182. The van der Waals surface area contributed by atoms with Crippen LogP contribution in [0.1, 0.15) is 41.5 Å². The van der Waals surface area contributed by atoms with Gasteiger partial charge in [0.15, 0.2) is 0 Å². The molecular weight excluding hydrogens is 330 g/mol. The van der Waals surface area contributed by atoms with Crippen LogP contribution in [0.4, 0.5) is 0 Å². The summed E-state index contributed by atoms with van der Waals surface area (Å²) in [6.45, 7) is 8.92. The molecule has 1 amide bonds. The normalized spacial score (nSPS) is 15.6. The van der Waals surface area contributed by atoms with E-state index in [-0.39, 0.29) is 5.91 Å². The fourth-order valence-corrected chi connectivity index (χ4v) is 4.31. The summed E-state index contributed by atoms with van der Waals surface area (Å²) in [4.78, 5) is 16.0. The topological polar surface area (TPSA) is 38.1 Å². The molecule has 25 heavy (non-hydrogen) atoms. The molecule has 0 bridgehead atoms. The average Bonchev–Trinajstić information content (AvgIpc) is 2.93. The van der Waals surface area contributed by atoms with Gasteiger partial charge in [-0.05, 0) is 56.6 Å². The van der Waals surface area contributed by atoms with E-state index in [1.165, 1.54) is 5.69 Å². The second-order valence-electron chi connectivity index (χ2n) is 6.77. The molecular formula is C20H27N3OS. The molecule has 3 rings (SSSR count). The molecule has 0 radical (unpaired) electrons. The van der Waals surface area contributed by atoms with Gasteiger partial charge < -0.3 is 4.90 Å². The molecule has 1 aliphatic heterocycles. The first-order valence-corrected chi connectivity index (χ1v) is 10.1. The number of piperidine rings is 1. The number of aryl methyl sites for hydroxylation is 2. The molecule has 5 heteroatoms. The summed E-state index contributed by atoms with van der Waals surface area (Å²) >= 11 is 1.74. The van der Waals surface area contributed by atoms with Gasteiger partial charge in [0.1, 0.15) is 0 Å². The minimum Gasteiger partial charge on any atom is -0.339 e. The summed E-state index contributed by atoms with van der Waals surface area (Å²) < 4.78 is 2.12. The predicted molar refractivity (Wildman–Crippen MR) is 103 cm³/mol. The molecule has 2 aromatic rings. The van der Waals surface area contributed by atoms with Crippen molar-refractivity contribution in [1.29, 1.82) is 0 Å². The van der Waals surface area contributed by atoms with Gasteiger partial charge in [0.05, 0.1) is 11.3 Å². The summed E-state index contributed by atoms with van der Waals surface area (Å²) in [6, 6.07) is 10.1. The van der Waals surface area contributed by atoms with Crippen LogP contribution >= 0.6 is 11.8 Å². The lowest BCUT2D eigenvalue weighted by atomic mass is 9.96. The van der Waals surface area contributed by atoms with E-state index < -0.39 is 0 Å². The van der Waals surface area contributed by atoms with Gasteiger partial charge in [-0.2, -0.15) is 5.10 Å². The van der Waals surface area contributed by atoms with E-state index in [4.69, 9.17) is 0 Å². The maximum atomic E-state index is 12.9. The van der Waals surface area contributed by atoms with E-state index in [1.54, 1.807) is 11.8 Å². The van der Waals surface area contributed by atoms with E-state index in [0.717, 1.165) is 54.4 Å². The van der Waals surface area contributed by atoms with Crippen molar-refractivity contribution in [1.82, 2.24) is 14.7 Å². The Morgan fingerprint density at radius 2 is 1.96 bits per heavy atom. The number of rotatable bonds is 5. The van der Waals surface area contributed by atoms with Crippen LogP contribution < -0.4 is 0 Å². The molecule has 1 aromatic heterocycles. The zero-order valence-corrected chi connectivity index (χ0v) is 16.2. The molecule has 0 N–H and O–H groups in total. The van der Waals surface area contributed by atoms with Crippen molar-refractivity contribution < 1.29 is 4.79 Å². The van der Waals surface area contributed by atoms with Gasteiger partial charge in [0.2, 0.25) is 0 Å². The van der Waals surface area contributed by atoms with E-state index in [9.17, 15) is 4.79 Å². The molecule has 0 atom stereocenters. The van der Waals surface area contributed by atoms with Crippen molar-refractivity contribution in [2.24, 2.45) is 5.92 Å². The number of aromatic nitrogens is 2. The molecule has 0 saturated carbocycles. The van der Waals surface area contributed by atoms with Gasteiger partial charge >= 0.3 is 0 Å². The predicted octanol–water partition coefficient (Wildman–Crippen LogP) is 4.16. The molecule has 1 aliphatic rings. The van der Waals surface area contributed by atoms with Gasteiger partial charge in [0, 0.05) is 30.2 Å². The van der Waals surface area contributed by atoms with Crippen LogP contribution in [0.15, 0.2) is 35.2 Å². The lowest BCUT2D eigenvalue weighted by Crippen LogP contribution is -2.39. The van der Waals surface area contributed by atoms with Gasteiger partial charge in [-0.1, -0.05) is 19.1 Å². The third-order valence-electron chi connectivity index (χ3n) is 4.85. The second-order valence-corrected chi connectivity index (χ2v) is 8.08. The van der Waals surface area contributed by atoms with Gasteiger partial charge in [0.25, 0.3) is 5.91 Å². The van der Waals surface area contributed by atoms with Crippen LogP contribution in [0.3, 0.4) is 0 Å². The zero-order valence-electron chi connectivity index (χ0n) is 15.4. The van der Waals surface area contributed by atoms with Gasteiger partial charge in [-0.3, -0.25) is 9.48 Å². The second kappa shape index (κ2) is 8.09. The van der Waals surface area contributed by atoms with Crippen LogP contribution in [-0.4, -0.2) is 39.4 Å². The van der Waals surface area contributed by atoms with Crippen LogP contribution in [0.5, 0.6) is 0 Å². The maximum absolute atomic E-state index is 12.9. The molecule has 134 valence electrons. The lowest BCUT2D eigenvalue weighted by molar-refractivity contribution is 0.0677. The summed E-state index contributed by atoms with van der Waals surface area (Å²) in [5, 5.41) is 4.57. The maximum Gasteiger partial charge on any atom is 0.254 e. The molecule has 4 nitrogen and oxygen atoms in total. The molecule has 0 aliphatic carbocycles. The standard InChI is InChI=1S/C20H27N3OS/c1-4-25-19-8-6-5-7-18(19)20(24)22-11-9-17(10-12-22)14-23-16(3)13-15(2)21-23/h5-8,13,17H,4,9-12,14H2,1-3H3. The number of nitrogens with zero attached hydrogens (tertiary/aromatic N) is 3. The Labute approximate surface area is 154 Å². The Balaban J connectivity index is 1.60. The van der Waals surface area contributed by atoms with Crippen LogP contribution in [0, 0.1) is 19.8 Å². The highest BCUT2D eigenvalue weighted by molar-refractivity contribution is 7.99. The van der Waals surface area contributed by atoms with Crippen molar-refractivity contribution in [2.75, 3.05) is 18.8 Å². The monoisotopic (exact) mass is 357 g/mol. The number of hydrogen-bond donors (Lipinski definition) is 0. The highest BCUT2D eigenvalue weighted by atomic mass is 32.2. The highest BCUT2D eigenvalue weighted by Gasteiger charge is 2.25. The lowest BCUT2D eigenvalue weighted by Gasteiger charge is -2.32. The van der Waals surface area contributed by atoms with Crippen LogP contribution in [0.2, 0.25) is 0 Å². The minimum atomic E-state index is 0.182. The molecule has 1 fully saturated rings. The molecule has 2 heterocycles. The molecule has 1 saturated heterocycles. The third-order valence-corrected chi connectivity index (χ3v) is 5.81. The zero-order chi connectivity index (χ0) is 17.8. The van der Waals surface area contributed by atoms with Crippen molar-refractivity contribution in [3.8, 4) is 0 Å². The van der Waals surface area contributed by atoms with Crippen molar-refractivity contribution >= 4 is 17.7 Å². The molecule has 0 unspecified atom stereocenters. The number of carbonyl (C=O) groups excluding carboxylic acids is 1. The molecule has 1 aromatic carbocycles. The number of amides is 1. The smallest absolute Gasteiger partial charge is 0.254 e. The first-order valence-electron chi connectivity index (χ1n) is 9.10. The number of likely N-dealkylation sites (tertiary alicyclic amines) is 1. The number of carbonyl (C=O) groups is 1. The SMILES string of the molecule is CCSc1ccccc1C(=O)N1CCC(Cn2nc(C)cc2C)CC1.